The van der Waals surface area contributed by atoms with Gasteiger partial charge in [-0.3, -0.25) is 24.8 Å². The molecule has 0 heterocycles. The summed E-state index contributed by atoms with van der Waals surface area (Å²) in [4.78, 5) is 39.7. The molecule has 2 rings (SSSR count). The quantitative estimate of drug-likeness (QED) is 0.215. The van der Waals surface area contributed by atoms with Crippen molar-refractivity contribution >= 4 is 28.7 Å². The van der Waals surface area contributed by atoms with E-state index in [1.54, 1.807) is 31.2 Å². The van der Waals surface area contributed by atoms with Gasteiger partial charge in [0.2, 0.25) is 0 Å². The number of hydrogen-bond donors (Lipinski definition) is 2. The Bertz CT molecular complexity index is 929. The Balaban J connectivity index is 1.88. The molecule has 0 aliphatic heterocycles. The number of carbonyl (C=O) groups excluding carboxylic acids is 3. The summed E-state index contributed by atoms with van der Waals surface area (Å²) in [6.07, 6.45) is 2.05. The van der Waals surface area contributed by atoms with Crippen molar-refractivity contribution in [2.45, 2.75) is 38.5 Å². The van der Waals surface area contributed by atoms with Crippen molar-refractivity contribution in [1.29, 1.82) is 0 Å². The summed E-state index contributed by atoms with van der Waals surface area (Å²) >= 11 is 0. The Morgan fingerprint density at radius 1 is 0.969 bits per heavy atom. The maximum absolute atomic E-state index is 12.1. The molecule has 10 nitrogen and oxygen atoms in total. The van der Waals surface area contributed by atoms with E-state index in [0.29, 0.717) is 25.0 Å². The Morgan fingerprint density at radius 2 is 1.69 bits per heavy atom. The van der Waals surface area contributed by atoms with Crippen LogP contribution in [0.1, 0.15) is 44.1 Å². The summed E-state index contributed by atoms with van der Waals surface area (Å²) in [5.74, 6) is -1.67. The van der Waals surface area contributed by atoms with Gasteiger partial charge < -0.3 is 14.2 Å². The molecule has 1 unspecified atom stereocenters. The molecule has 0 radical (unpaired) electrons. The fourth-order valence-corrected chi connectivity index (χ4v) is 2.90. The summed E-state index contributed by atoms with van der Waals surface area (Å²) in [6, 6.07) is 10.6. The van der Waals surface area contributed by atoms with Crippen LogP contribution in [-0.4, -0.2) is 54.0 Å². The molecule has 2 N–H and O–H groups in total. The predicted molar refractivity (Wildman–Crippen MR) is 111 cm³/mol. The van der Waals surface area contributed by atoms with E-state index in [1.165, 1.54) is 7.11 Å². The zero-order valence-electron chi connectivity index (χ0n) is 18.0. The first-order valence-corrected chi connectivity index (χ1v) is 10.1. The van der Waals surface area contributed by atoms with E-state index in [0.717, 1.165) is 16.3 Å². The van der Waals surface area contributed by atoms with Gasteiger partial charge in [0.1, 0.15) is 5.75 Å². The van der Waals surface area contributed by atoms with Gasteiger partial charge in [-0.25, -0.2) is 4.79 Å². The van der Waals surface area contributed by atoms with Gasteiger partial charge >= 0.3 is 17.9 Å². The third kappa shape index (κ3) is 8.23. The lowest BCUT2D eigenvalue weighted by Gasteiger charge is -2.12. The van der Waals surface area contributed by atoms with Crippen molar-refractivity contribution in [3.8, 4) is 5.75 Å². The minimum absolute atomic E-state index is 0.135. The molecule has 0 amide bonds. The maximum Gasteiger partial charge on any atom is 0.344 e. The van der Waals surface area contributed by atoms with Crippen molar-refractivity contribution in [1.82, 2.24) is 5.39 Å². The van der Waals surface area contributed by atoms with Crippen LogP contribution in [0.2, 0.25) is 0 Å². The van der Waals surface area contributed by atoms with Crippen LogP contribution < -0.4 is 4.74 Å². The molecule has 0 spiro atoms. The minimum Gasteiger partial charge on any atom is -0.466 e. The monoisotopic (exact) mass is 449 g/mol. The second-order valence-corrected chi connectivity index (χ2v) is 7.04. The number of esters is 3. The molecule has 0 aromatic heterocycles. The van der Waals surface area contributed by atoms with Crippen LogP contribution in [0.25, 0.3) is 10.8 Å². The fraction of sp³-hybridized carbons (Fsp3) is 0.409. The zero-order chi connectivity index (χ0) is 23.5. The largest absolute Gasteiger partial charge is 0.466 e. The number of rotatable bonds is 12. The smallest absolute Gasteiger partial charge is 0.344 e. The van der Waals surface area contributed by atoms with Crippen molar-refractivity contribution in [2.24, 2.45) is 0 Å². The highest BCUT2D eigenvalue weighted by atomic mass is 17.1. The summed E-state index contributed by atoms with van der Waals surface area (Å²) in [6.45, 7) is 1.39. The molecule has 2 aromatic rings. The average Bonchev–Trinajstić information content (AvgIpc) is 2.78. The van der Waals surface area contributed by atoms with Gasteiger partial charge in [-0.05, 0) is 48.2 Å². The second-order valence-electron chi connectivity index (χ2n) is 7.04. The molecule has 10 heteroatoms. The Labute approximate surface area is 185 Å². The van der Waals surface area contributed by atoms with E-state index in [9.17, 15) is 14.4 Å². The van der Waals surface area contributed by atoms with Crippen LogP contribution >= 0.6 is 0 Å². The SMILES string of the molecule is COC(=O)COC(=O)C(C)c1ccc2cc(OC(=O)CCCCCON(O)O)ccc2c1. The Kier molecular flexibility index (Phi) is 10.0. The third-order valence-corrected chi connectivity index (χ3v) is 4.71. The molecule has 0 fully saturated rings. The molecular weight excluding hydrogens is 422 g/mol. The van der Waals surface area contributed by atoms with Gasteiger partial charge in [-0.2, -0.15) is 0 Å². The molecule has 0 bridgehead atoms. The number of fused-ring (bicyclic) bond motifs is 1. The minimum atomic E-state index is -0.625. The summed E-state index contributed by atoms with van der Waals surface area (Å²) in [5, 5.41) is 18.2. The molecule has 2 aromatic carbocycles. The number of unbranched alkanes of at least 4 members (excludes halogenated alkanes) is 2. The van der Waals surface area contributed by atoms with Crippen molar-refractivity contribution in [2.75, 3.05) is 20.3 Å². The molecule has 174 valence electrons. The highest BCUT2D eigenvalue weighted by molar-refractivity contribution is 5.88. The summed E-state index contributed by atoms with van der Waals surface area (Å²) < 4.78 is 14.8. The maximum atomic E-state index is 12.1. The standard InChI is InChI=1S/C22H27NO9/c1-15(22(26)30-14-21(25)29-2)16-7-8-18-13-19(10-9-17(18)12-16)32-20(24)6-4-3-5-11-31-23(27)28/h7-10,12-13,15,27-28H,3-6,11,14H2,1-2H3. The van der Waals surface area contributed by atoms with Gasteiger partial charge in [0.15, 0.2) is 6.61 Å². The molecule has 1 atom stereocenters. The van der Waals surface area contributed by atoms with Crippen LogP contribution in [0.4, 0.5) is 0 Å². The predicted octanol–water partition coefficient (Wildman–Crippen LogP) is 3.14. The van der Waals surface area contributed by atoms with Crippen molar-refractivity contribution in [3.63, 3.8) is 0 Å². The molecular formula is C22H27NO9. The first kappa shape index (κ1) is 25.2. The fourth-order valence-electron chi connectivity index (χ4n) is 2.90. The van der Waals surface area contributed by atoms with Gasteiger partial charge in [0.25, 0.3) is 0 Å². The first-order chi connectivity index (χ1) is 15.3. The number of ether oxygens (including phenoxy) is 3. The van der Waals surface area contributed by atoms with Crippen LogP contribution in [0.3, 0.4) is 0 Å². The van der Waals surface area contributed by atoms with E-state index in [2.05, 4.69) is 9.57 Å². The number of benzene rings is 2. The van der Waals surface area contributed by atoms with E-state index < -0.39 is 24.5 Å². The number of hydrogen-bond acceptors (Lipinski definition) is 10. The van der Waals surface area contributed by atoms with Crippen LogP contribution in [0.5, 0.6) is 5.75 Å². The average molecular weight is 449 g/mol. The first-order valence-electron chi connectivity index (χ1n) is 10.1. The van der Waals surface area contributed by atoms with Crippen LogP contribution in [0.15, 0.2) is 36.4 Å². The van der Waals surface area contributed by atoms with Gasteiger partial charge in [0.05, 0.1) is 25.0 Å². The Morgan fingerprint density at radius 3 is 2.41 bits per heavy atom. The normalized spacial score (nSPS) is 11.9. The lowest BCUT2D eigenvalue weighted by molar-refractivity contribution is -0.492. The topological polar surface area (TPSA) is 132 Å². The van der Waals surface area contributed by atoms with Gasteiger partial charge in [0, 0.05) is 6.42 Å². The van der Waals surface area contributed by atoms with E-state index in [1.807, 2.05) is 12.1 Å². The molecule has 32 heavy (non-hydrogen) atoms. The number of methoxy groups -OCH3 is 1. The highest BCUT2D eigenvalue weighted by Gasteiger charge is 2.18. The molecule has 0 aliphatic rings. The summed E-state index contributed by atoms with van der Waals surface area (Å²) in [5.41, 5.74) is 0.728. The second kappa shape index (κ2) is 12.7. The van der Waals surface area contributed by atoms with Crippen molar-refractivity contribution in [3.05, 3.63) is 42.0 Å². The van der Waals surface area contributed by atoms with Gasteiger partial charge in [-0.1, -0.05) is 30.7 Å². The van der Waals surface area contributed by atoms with Crippen LogP contribution in [-0.2, 0) is 28.7 Å². The number of carbonyl (C=O) groups is 3. The molecule has 0 saturated heterocycles. The zero-order valence-corrected chi connectivity index (χ0v) is 18.0. The third-order valence-electron chi connectivity index (χ3n) is 4.71. The number of nitrogens with zero attached hydrogens (tertiary/aromatic N) is 1. The summed E-state index contributed by atoms with van der Waals surface area (Å²) in [7, 11) is 1.22. The van der Waals surface area contributed by atoms with E-state index in [4.69, 9.17) is 19.9 Å². The van der Waals surface area contributed by atoms with Crippen LogP contribution in [0, 0.1) is 0 Å². The van der Waals surface area contributed by atoms with Crippen molar-refractivity contribution < 1.29 is 43.8 Å². The van der Waals surface area contributed by atoms with Gasteiger partial charge in [-0.15, -0.1) is 0 Å². The Hall–Kier alpha value is -3.05. The molecule has 0 aliphatic carbocycles. The lowest BCUT2D eigenvalue weighted by atomic mass is 9.98. The van der Waals surface area contributed by atoms with E-state index >= 15 is 0 Å². The highest BCUT2D eigenvalue weighted by Crippen LogP contribution is 2.26. The van der Waals surface area contributed by atoms with E-state index in [-0.39, 0.29) is 24.4 Å². The lowest BCUT2D eigenvalue weighted by Crippen LogP contribution is -2.19. The molecule has 0 saturated carbocycles.